The zero-order valence-corrected chi connectivity index (χ0v) is 12.2. The second kappa shape index (κ2) is 6.62. The molecule has 4 nitrogen and oxygen atoms in total. The molecule has 1 amide bonds. The van der Waals surface area contributed by atoms with Gasteiger partial charge >= 0.3 is 6.09 Å². The third-order valence-electron chi connectivity index (χ3n) is 3.97. The van der Waals surface area contributed by atoms with E-state index >= 15 is 0 Å². The van der Waals surface area contributed by atoms with Crippen molar-refractivity contribution in [2.24, 2.45) is 0 Å². The minimum atomic E-state index is -0.584. The van der Waals surface area contributed by atoms with Crippen molar-refractivity contribution in [1.29, 1.82) is 0 Å². The number of benzene rings is 2. The summed E-state index contributed by atoms with van der Waals surface area (Å²) in [5, 5.41) is 13.0. The lowest BCUT2D eigenvalue weighted by Gasteiger charge is -2.30. The van der Waals surface area contributed by atoms with Gasteiger partial charge in [0.2, 0.25) is 0 Å². The Labute approximate surface area is 129 Å². The number of aryl methyl sites for hydroxylation is 1. The molecule has 22 heavy (non-hydrogen) atoms. The molecule has 0 saturated carbocycles. The highest BCUT2D eigenvalue weighted by atomic mass is 16.5. The van der Waals surface area contributed by atoms with E-state index in [0.29, 0.717) is 6.42 Å². The molecule has 2 N–H and O–H groups in total. The van der Waals surface area contributed by atoms with Crippen LogP contribution in [0, 0.1) is 0 Å². The predicted molar refractivity (Wildman–Crippen MR) is 83.3 cm³/mol. The van der Waals surface area contributed by atoms with Crippen LogP contribution in [0.3, 0.4) is 0 Å². The maximum atomic E-state index is 12.0. The third-order valence-corrected chi connectivity index (χ3v) is 3.97. The summed E-state index contributed by atoms with van der Waals surface area (Å²) >= 11 is 0. The smallest absolute Gasteiger partial charge is 0.408 e. The molecule has 2 aromatic carbocycles. The van der Waals surface area contributed by atoms with Crippen LogP contribution in [0.1, 0.15) is 29.2 Å². The van der Waals surface area contributed by atoms with E-state index in [1.54, 1.807) is 0 Å². The number of ether oxygens (including phenoxy) is 1. The number of carbonyl (C=O) groups is 1. The van der Waals surface area contributed by atoms with E-state index in [1.165, 1.54) is 5.56 Å². The fourth-order valence-corrected chi connectivity index (χ4v) is 2.81. The molecule has 2 atom stereocenters. The minimum Gasteiger partial charge on any atom is -0.445 e. The Morgan fingerprint density at radius 3 is 2.68 bits per heavy atom. The van der Waals surface area contributed by atoms with Crippen molar-refractivity contribution in [3.05, 3.63) is 71.3 Å². The van der Waals surface area contributed by atoms with Gasteiger partial charge in [0.25, 0.3) is 0 Å². The van der Waals surface area contributed by atoms with Crippen molar-refractivity contribution in [3.63, 3.8) is 0 Å². The topological polar surface area (TPSA) is 58.6 Å². The molecule has 0 aliphatic heterocycles. The van der Waals surface area contributed by atoms with Crippen molar-refractivity contribution in [3.8, 4) is 0 Å². The van der Waals surface area contributed by atoms with Gasteiger partial charge < -0.3 is 15.2 Å². The lowest BCUT2D eigenvalue weighted by molar-refractivity contribution is 0.0917. The van der Waals surface area contributed by atoms with E-state index in [1.807, 2.05) is 54.6 Å². The van der Waals surface area contributed by atoms with Crippen LogP contribution >= 0.6 is 0 Å². The first-order valence-corrected chi connectivity index (χ1v) is 7.47. The van der Waals surface area contributed by atoms with Crippen LogP contribution in [-0.2, 0) is 17.8 Å². The summed E-state index contributed by atoms with van der Waals surface area (Å²) in [5.41, 5.74) is 3.07. The van der Waals surface area contributed by atoms with Gasteiger partial charge in [0, 0.05) is 0 Å². The number of hydrogen-bond donors (Lipinski definition) is 2. The van der Waals surface area contributed by atoms with Crippen LogP contribution in [0.2, 0.25) is 0 Å². The average molecular weight is 297 g/mol. The molecular weight excluding hydrogens is 278 g/mol. The molecule has 2 aromatic rings. The molecule has 0 saturated heterocycles. The number of aliphatic hydroxyl groups is 1. The first-order chi connectivity index (χ1) is 10.7. The fraction of sp³-hybridized carbons (Fsp3) is 0.278. The van der Waals surface area contributed by atoms with Crippen LogP contribution in [0.4, 0.5) is 4.79 Å². The van der Waals surface area contributed by atoms with Crippen molar-refractivity contribution in [1.82, 2.24) is 5.32 Å². The minimum absolute atomic E-state index is 0.219. The quantitative estimate of drug-likeness (QED) is 0.915. The molecule has 0 unspecified atom stereocenters. The summed E-state index contributed by atoms with van der Waals surface area (Å²) < 4.78 is 5.23. The van der Waals surface area contributed by atoms with Gasteiger partial charge in [0.1, 0.15) is 6.61 Å². The number of amides is 1. The highest BCUT2D eigenvalue weighted by molar-refractivity contribution is 5.68. The number of aliphatic hydroxyl groups excluding tert-OH is 1. The van der Waals surface area contributed by atoms with E-state index in [-0.39, 0.29) is 6.61 Å². The standard InChI is InChI=1S/C18H19NO3/c20-16-11-10-14-8-4-5-9-15(14)17(16)19-18(21)22-12-13-6-2-1-3-7-13/h1-9,16-17,20H,10-12H2,(H,19,21)/t16-,17+/m0/s1. The zero-order chi connectivity index (χ0) is 15.4. The summed E-state index contributed by atoms with van der Waals surface area (Å²) in [6.45, 7) is 0.219. The van der Waals surface area contributed by atoms with E-state index in [9.17, 15) is 9.90 Å². The van der Waals surface area contributed by atoms with Gasteiger partial charge in [-0.15, -0.1) is 0 Å². The Hall–Kier alpha value is -2.33. The summed E-state index contributed by atoms with van der Waals surface area (Å²) in [6, 6.07) is 17.0. The summed E-state index contributed by atoms with van der Waals surface area (Å²) in [6.07, 6.45) is 0.374. The highest BCUT2D eigenvalue weighted by Gasteiger charge is 2.29. The van der Waals surface area contributed by atoms with Crippen molar-refractivity contribution < 1.29 is 14.6 Å². The molecule has 0 bridgehead atoms. The van der Waals surface area contributed by atoms with Crippen molar-refractivity contribution in [2.75, 3.05) is 0 Å². The summed E-state index contributed by atoms with van der Waals surface area (Å²) in [4.78, 5) is 12.0. The Morgan fingerprint density at radius 1 is 1.14 bits per heavy atom. The summed E-state index contributed by atoms with van der Waals surface area (Å²) in [5.74, 6) is 0. The van der Waals surface area contributed by atoms with Gasteiger partial charge in [-0.05, 0) is 29.5 Å². The molecule has 1 aliphatic rings. The molecule has 0 aromatic heterocycles. The molecule has 114 valence electrons. The Kier molecular flexibility index (Phi) is 4.39. The number of rotatable bonds is 3. The van der Waals surface area contributed by atoms with Crippen LogP contribution in [0.5, 0.6) is 0 Å². The number of alkyl carbamates (subject to hydrolysis) is 1. The second-order valence-corrected chi connectivity index (χ2v) is 5.49. The number of hydrogen-bond acceptors (Lipinski definition) is 3. The lowest BCUT2D eigenvalue weighted by atomic mass is 9.86. The Bertz CT molecular complexity index is 642. The zero-order valence-electron chi connectivity index (χ0n) is 12.2. The first-order valence-electron chi connectivity index (χ1n) is 7.47. The molecule has 0 heterocycles. The maximum Gasteiger partial charge on any atom is 0.408 e. The second-order valence-electron chi connectivity index (χ2n) is 5.49. The molecule has 4 heteroatoms. The number of carbonyl (C=O) groups excluding carboxylic acids is 1. The third kappa shape index (κ3) is 3.28. The van der Waals surface area contributed by atoms with E-state index in [4.69, 9.17) is 4.74 Å². The van der Waals surface area contributed by atoms with Gasteiger partial charge in [-0.3, -0.25) is 0 Å². The van der Waals surface area contributed by atoms with E-state index < -0.39 is 18.2 Å². The largest absolute Gasteiger partial charge is 0.445 e. The Morgan fingerprint density at radius 2 is 1.86 bits per heavy atom. The van der Waals surface area contributed by atoms with Gasteiger partial charge in [0.05, 0.1) is 12.1 Å². The maximum absolute atomic E-state index is 12.0. The SMILES string of the molecule is O=C(N[C@@H]1c2ccccc2CC[C@@H]1O)OCc1ccccc1. The van der Waals surface area contributed by atoms with Crippen LogP contribution in [0.15, 0.2) is 54.6 Å². The van der Waals surface area contributed by atoms with Crippen LogP contribution in [0.25, 0.3) is 0 Å². The molecule has 1 aliphatic carbocycles. The van der Waals surface area contributed by atoms with E-state index in [2.05, 4.69) is 5.32 Å². The van der Waals surface area contributed by atoms with Crippen molar-refractivity contribution >= 4 is 6.09 Å². The molecule has 3 rings (SSSR count). The summed E-state index contributed by atoms with van der Waals surface area (Å²) in [7, 11) is 0. The first kappa shape index (κ1) is 14.6. The molecule has 0 radical (unpaired) electrons. The van der Waals surface area contributed by atoms with Gasteiger partial charge in [0.15, 0.2) is 0 Å². The number of fused-ring (bicyclic) bond motifs is 1. The van der Waals surface area contributed by atoms with Gasteiger partial charge in [-0.1, -0.05) is 54.6 Å². The Balaban J connectivity index is 1.64. The van der Waals surface area contributed by atoms with Crippen molar-refractivity contribution in [2.45, 2.75) is 31.6 Å². The van der Waals surface area contributed by atoms with Gasteiger partial charge in [-0.25, -0.2) is 4.79 Å². The molecular formula is C18H19NO3. The number of nitrogens with one attached hydrogen (secondary N) is 1. The predicted octanol–water partition coefficient (Wildman–Crippen LogP) is 2.96. The average Bonchev–Trinajstić information content (AvgIpc) is 2.56. The molecule has 0 fully saturated rings. The van der Waals surface area contributed by atoms with Crippen LogP contribution in [-0.4, -0.2) is 17.3 Å². The fourth-order valence-electron chi connectivity index (χ4n) is 2.81. The molecule has 0 spiro atoms. The monoisotopic (exact) mass is 297 g/mol. The normalized spacial score (nSPS) is 20.0. The van der Waals surface area contributed by atoms with Crippen LogP contribution < -0.4 is 5.32 Å². The lowest BCUT2D eigenvalue weighted by Crippen LogP contribution is -2.39. The van der Waals surface area contributed by atoms with Gasteiger partial charge in [-0.2, -0.15) is 0 Å². The van der Waals surface area contributed by atoms with E-state index in [0.717, 1.165) is 17.5 Å². The highest BCUT2D eigenvalue weighted by Crippen LogP contribution is 2.29.